The number of nitrogens with one attached hydrogen (secondary N) is 1. The molecular formula is C20H23N3O2S2. The topological polar surface area (TPSA) is 52.7 Å². The molecule has 0 aromatic carbocycles. The van der Waals surface area contributed by atoms with Gasteiger partial charge in [-0.05, 0) is 35.0 Å². The zero-order valence-electron chi connectivity index (χ0n) is 15.0. The maximum Gasteiger partial charge on any atom is 0.246 e. The molecule has 1 aliphatic rings. The van der Waals surface area contributed by atoms with Gasteiger partial charge in [-0.25, -0.2) is 0 Å². The normalized spacial score (nSPS) is 15.6. The van der Waals surface area contributed by atoms with Gasteiger partial charge in [0.05, 0.1) is 0 Å². The lowest BCUT2D eigenvalue weighted by Crippen LogP contribution is -2.49. The van der Waals surface area contributed by atoms with Crippen molar-refractivity contribution >= 4 is 46.6 Å². The molecule has 0 atom stereocenters. The molecule has 142 valence electrons. The van der Waals surface area contributed by atoms with E-state index >= 15 is 0 Å². The Morgan fingerprint density at radius 2 is 1.59 bits per heavy atom. The van der Waals surface area contributed by atoms with Crippen LogP contribution in [0.4, 0.5) is 0 Å². The Morgan fingerprint density at radius 1 is 0.963 bits per heavy atom. The molecule has 0 unspecified atom stereocenters. The number of piperazine rings is 1. The van der Waals surface area contributed by atoms with Crippen molar-refractivity contribution in [2.75, 3.05) is 39.3 Å². The fourth-order valence-corrected chi connectivity index (χ4v) is 4.01. The Bertz CT molecular complexity index is 772. The smallest absolute Gasteiger partial charge is 0.246 e. The summed E-state index contributed by atoms with van der Waals surface area (Å²) < 4.78 is 0. The van der Waals surface area contributed by atoms with Gasteiger partial charge in [0.25, 0.3) is 0 Å². The van der Waals surface area contributed by atoms with Gasteiger partial charge in [0.2, 0.25) is 11.8 Å². The summed E-state index contributed by atoms with van der Waals surface area (Å²) in [5.74, 6) is -0.00834. The van der Waals surface area contributed by atoms with E-state index in [0.717, 1.165) is 42.5 Å². The third-order valence-electron chi connectivity index (χ3n) is 4.29. The number of thiophene rings is 2. The fourth-order valence-electron chi connectivity index (χ4n) is 2.78. The van der Waals surface area contributed by atoms with E-state index in [1.165, 1.54) is 0 Å². The van der Waals surface area contributed by atoms with Crippen molar-refractivity contribution in [3.8, 4) is 0 Å². The number of hydrogen-bond acceptors (Lipinski definition) is 5. The highest BCUT2D eigenvalue weighted by atomic mass is 32.1. The number of carbonyl (C=O) groups is 2. The second-order valence-corrected chi connectivity index (χ2v) is 8.11. The Hall–Kier alpha value is -2.22. The average molecular weight is 402 g/mol. The highest BCUT2D eigenvalue weighted by Crippen LogP contribution is 2.11. The maximum absolute atomic E-state index is 12.2. The first-order valence-electron chi connectivity index (χ1n) is 8.93. The Morgan fingerprint density at radius 3 is 2.19 bits per heavy atom. The molecule has 0 radical (unpaired) electrons. The van der Waals surface area contributed by atoms with Crippen molar-refractivity contribution in [1.82, 2.24) is 15.1 Å². The van der Waals surface area contributed by atoms with Crippen molar-refractivity contribution in [2.45, 2.75) is 0 Å². The molecule has 3 rings (SSSR count). The molecule has 0 bridgehead atoms. The van der Waals surface area contributed by atoms with Crippen LogP contribution in [0.2, 0.25) is 0 Å². The van der Waals surface area contributed by atoms with E-state index in [4.69, 9.17) is 0 Å². The summed E-state index contributed by atoms with van der Waals surface area (Å²) in [6.07, 6.45) is 6.93. The van der Waals surface area contributed by atoms with Gasteiger partial charge < -0.3 is 10.2 Å². The maximum atomic E-state index is 12.2. The molecule has 2 aromatic rings. The van der Waals surface area contributed by atoms with E-state index in [2.05, 4.69) is 10.2 Å². The number of hydrogen-bond donors (Lipinski definition) is 1. The monoisotopic (exact) mass is 401 g/mol. The summed E-state index contributed by atoms with van der Waals surface area (Å²) in [7, 11) is 0. The second-order valence-electron chi connectivity index (χ2n) is 6.16. The van der Waals surface area contributed by atoms with Crippen molar-refractivity contribution in [1.29, 1.82) is 0 Å². The Balaban J connectivity index is 1.32. The molecule has 1 saturated heterocycles. The van der Waals surface area contributed by atoms with Crippen LogP contribution in [0.1, 0.15) is 9.75 Å². The van der Waals surface area contributed by atoms with Crippen molar-refractivity contribution in [2.24, 2.45) is 0 Å². The van der Waals surface area contributed by atoms with Gasteiger partial charge in [-0.3, -0.25) is 14.5 Å². The van der Waals surface area contributed by atoms with Crippen LogP contribution in [-0.4, -0.2) is 60.9 Å². The fraction of sp³-hybridized carbons (Fsp3) is 0.300. The van der Waals surface area contributed by atoms with Crippen LogP contribution in [0.25, 0.3) is 12.2 Å². The molecule has 5 nitrogen and oxygen atoms in total. The predicted octanol–water partition coefficient (Wildman–Crippen LogP) is 2.80. The summed E-state index contributed by atoms with van der Waals surface area (Å²) in [5.41, 5.74) is 0. The minimum atomic E-state index is -0.0732. The molecule has 0 spiro atoms. The molecule has 0 aliphatic carbocycles. The molecule has 1 fully saturated rings. The summed E-state index contributed by atoms with van der Waals surface area (Å²) in [4.78, 5) is 30.4. The van der Waals surface area contributed by atoms with Gasteiger partial charge in [-0.15, -0.1) is 22.7 Å². The molecule has 3 heterocycles. The quantitative estimate of drug-likeness (QED) is 0.726. The van der Waals surface area contributed by atoms with E-state index in [-0.39, 0.29) is 11.8 Å². The van der Waals surface area contributed by atoms with E-state index < -0.39 is 0 Å². The van der Waals surface area contributed by atoms with Gasteiger partial charge in [0, 0.05) is 61.2 Å². The van der Waals surface area contributed by atoms with Crippen molar-refractivity contribution < 1.29 is 9.59 Å². The van der Waals surface area contributed by atoms with Crippen LogP contribution >= 0.6 is 22.7 Å². The lowest BCUT2D eigenvalue weighted by molar-refractivity contribution is -0.127. The average Bonchev–Trinajstić information content (AvgIpc) is 3.39. The number of rotatable bonds is 7. The van der Waals surface area contributed by atoms with Crippen LogP contribution in [0.15, 0.2) is 47.2 Å². The number of nitrogens with zero attached hydrogens (tertiary/aromatic N) is 2. The Labute approximate surface area is 167 Å². The van der Waals surface area contributed by atoms with Gasteiger partial charge in [-0.1, -0.05) is 12.1 Å². The standard InChI is InChI=1S/C20H23N3O2S2/c24-19(7-5-17-3-1-15-26-17)21-9-10-22-11-13-23(14-12-22)20(25)8-6-18-4-2-16-27-18/h1-8,15-16H,9-14H2,(H,21,24)/b7-5+,8-6+. The van der Waals surface area contributed by atoms with Crippen molar-refractivity contribution in [3.63, 3.8) is 0 Å². The van der Waals surface area contributed by atoms with E-state index in [9.17, 15) is 9.59 Å². The van der Waals surface area contributed by atoms with Gasteiger partial charge >= 0.3 is 0 Å². The molecule has 2 amide bonds. The molecule has 1 aliphatic heterocycles. The summed E-state index contributed by atoms with van der Waals surface area (Å²) in [6, 6.07) is 7.91. The molecule has 0 saturated carbocycles. The van der Waals surface area contributed by atoms with E-state index in [1.54, 1.807) is 34.8 Å². The number of amides is 2. The van der Waals surface area contributed by atoms with E-state index in [0.29, 0.717) is 6.54 Å². The van der Waals surface area contributed by atoms with Crippen LogP contribution < -0.4 is 5.32 Å². The first-order valence-corrected chi connectivity index (χ1v) is 10.7. The molecule has 1 N–H and O–H groups in total. The first kappa shape index (κ1) is 19.5. The molecule has 2 aromatic heterocycles. The van der Waals surface area contributed by atoms with E-state index in [1.807, 2.05) is 52.1 Å². The third-order valence-corrected chi connectivity index (χ3v) is 5.96. The molecular weight excluding hydrogens is 378 g/mol. The Kier molecular flexibility index (Phi) is 7.38. The summed E-state index contributed by atoms with van der Waals surface area (Å²) in [5, 5.41) is 6.89. The lowest BCUT2D eigenvalue weighted by atomic mass is 10.3. The zero-order chi connectivity index (χ0) is 18.9. The summed E-state index contributed by atoms with van der Waals surface area (Å²) in [6.45, 7) is 4.52. The zero-order valence-corrected chi connectivity index (χ0v) is 16.7. The van der Waals surface area contributed by atoms with Gasteiger partial charge in [0.1, 0.15) is 0 Å². The van der Waals surface area contributed by atoms with Crippen LogP contribution in [-0.2, 0) is 9.59 Å². The van der Waals surface area contributed by atoms with Crippen LogP contribution in [0.3, 0.4) is 0 Å². The predicted molar refractivity (Wildman–Crippen MR) is 113 cm³/mol. The van der Waals surface area contributed by atoms with Crippen LogP contribution in [0, 0.1) is 0 Å². The highest BCUT2D eigenvalue weighted by molar-refractivity contribution is 7.11. The first-order chi connectivity index (χ1) is 13.2. The largest absolute Gasteiger partial charge is 0.351 e. The minimum Gasteiger partial charge on any atom is -0.351 e. The minimum absolute atomic E-state index is 0.0649. The lowest BCUT2D eigenvalue weighted by Gasteiger charge is -2.34. The summed E-state index contributed by atoms with van der Waals surface area (Å²) >= 11 is 3.23. The molecule has 27 heavy (non-hydrogen) atoms. The second kappa shape index (κ2) is 10.2. The SMILES string of the molecule is O=C(/C=C/c1cccs1)NCCN1CCN(C(=O)/C=C/c2cccs2)CC1. The van der Waals surface area contributed by atoms with Crippen molar-refractivity contribution in [3.05, 3.63) is 56.9 Å². The van der Waals surface area contributed by atoms with Gasteiger partial charge in [0.15, 0.2) is 0 Å². The molecule has 7 heteroatoms. The number of carbonyl (C=O) groups excluding carboxylic acids is 2. The highest BCUT2D eigenvalue weighted by Gasteiger charge is 2.19. The van der Waals surface area contributed by atoms with Crippen LogP contribution in [0.5, 0.6) is 0 Å². The third kappa shape index (κ3) is 6.46. The van der Waals surface area contributed by atoms with Gasteiger partial charge in [-0.2, -0.15) is 0 Å².